The molecule has 1 unspecified atom stereocenters. The van der Waals surface area contributed by atoms with Crippen LogP contribution in [0, 0.1) is 0 Å². The zero-order valence-corrected chi connectivity index (χ0v) is 15.2. The van der Waals surface area contributed by atoms with Crippen molar-refractivity contribution >= 4 is 17.9 Å². The van der Waals surface area contributed by atoms with Gasteiger partial charge >= 0.3 is 6.09 Å². The van der Waals surface area contributed by atoms with Crippen molar-refractivity contribution in [3.8, 4) is 0 Å². The molecule has 0 saturated heterocycles. The summed E-state index contributed by atoms with van der Waals surface area (Å²) in [5.41, 5.74) is 0.504. The monoisotopic (exact) mass is 349 g/mol. The van der Waals surface area contributed by atoms with Crippen molar-refractivity contribution in [3.63, 3.8) is 0 Å². The quantitative estimate of drug-likeness (QED) is 0.696. The normalized spacial score (nSPS) is 12.0. The molecule has 0 radical (unpaired) electrons. The predicted molar refractivity (Wildman–Crippen MR) is 95.1 cm³/mol. The molecular formula is C18H27N3O4. The van der Waals surface area contributed by atoms with E-state index in [2.05, 4.69) is 16.0 Å². The zero-order valence-electron chi connectivity index (χ0n) is 15.2. The maximum Gasteiger partial charge on any atom is 0.408 e. The van der Waals surface area contributed by atoms with Crippen molar-refractivity contribution in [3.05, 3.63) is 35.9 Å². The third-order valence-electron chi connectivity index (χ3n) is 3.21. The molecular weight excluding hydrogens is 322 g/mol. The van der Waals surface area contributed by atoms with E-state index in [-0.39, 0.29) is 24.9 Å². The summed E-state index contributed by atoms with van der Waals surface area (Å²) >= 11 is 0. The number of carbonyl (C=O) groups is 3. The van der Waals surface area contributed by atoms with Gasteiger partial charge in [-0.25, -0.2) is 4.79 Å². The molecule has 0 fully saturated rings. The minimum absolute atomic E-state index is 0.143. The van der Waals surface area contributed by atoms with Crippen LogP contribution in [0.1, 0.15) is 39.2 Å². The first-order valence-electron chi connectivity index (χ1n) is 8.22. The zero-order chi connectivity index (χ0) is 18.9. The predicted octanol–water partition coefficient (Wildman–Crippen LogP) is 1.55. The lowest BCUT2D eigenvalue weighted by Crippen LogP contribution is -2.43. The highest BCUT2D eigenvalue weighted by Gasteiger charge is 2.16. The Balaban J connectivity index is 2.21. The molecule has 0 spiro atoms. The van der Waals surface area contributed by atoms with Gasteiger partial charge in [0.1, 0.15) is 12.1 Å². The summed E-state index contributed by atoms with van der Waals surface area (Å²) in [5, 5.41) is 7.54. The van der Waals surface area contributed by atoms with Gasteiger partial charge in [0, 0.05) is 6.54 Å². The van der Waals surface area contributed by atoms with Crippen molar-refractivity contribution < 1.29 is 19.1 Å². The average Bonchev–Trinajstić information content (AvgIpc) is 2.55. The highest BCUT2D eigenvalue weighted by molar-refractivity contribution is 5.87. The van der Waals surface area contributed by atoms with Crippen LogP contribution in [0.2, 0.25) is 0 Å². The fourth-order valence-corrected chi connectivity index (χ4v) is 1.94. The molecule has 25 heavy (non-hydrogen) atoms. The molecule has 1 aromatic carbocycles. The van der Waals surface area contributed by atoms with Crippen LogP contribution in [0.25, 0.3) is 0 Å². The minimum Gasteiger partial charge on any atom is -0.444 e. The number of hydrogen-bond donors (Lipinski definition) is 3. The van der Waals surface area contributed by atoms with Gasteiger partial charge in [0.25, 0.3) is 0 Å². The molecule has 0 aliphatic carbocycles. The number of nitrogens with one attached hydrogen (secondary N) is 3. The standard InChI is InChI=1S/C18H27N3O4/c1-13(14-8-6-5-7-9-14)10-19-15(22)11-20-16(23)12-21-17(24)25-18(2,3)4/h5-9,13H,10-12H2,1-4H3,(H,19,22)(H,20,23)(H,21,24). The van der Waals surface area contributed by atoms with Gasteiger partial charge in [-0.15, -0.1) is 0 Å². The van der Waals surface area contributed by atoms with Crippen molar-refractivity contribution in [1.29, 1.82) is 0 Å². The maximum atomic E-state index is 11.8. The van der Waals surface area contributed by atoms with Gasteiger partial charge in [-0.1, -0.05) is 37.3 Å². The second-order valence-electron chi connectivity index (χ2n) is 6.75. The van der Waals surface area contributed by atoms with E-state index in [1.54, 1.807) is 20.8 Å². The first kappa shape index (κ1) is 20.5. The van der Waals surface area contributed by atoms with Gasteiger partial charge in [0.2, 0.25) is 11.8 Å². The van der Waals surface area contributed by atoms with Gasteiger partial charge in [-0.3, -0.25) is 9.59 Å². The first-order chi connectivity index (χ1) is 11.7. The van der Waals surface area contributed by atoms with E-state index in [4.69, 9.17) is 4.74 Å². The minimum atomic E-state index is -0.677. The van der Waals surface area contributed by atoms with E-state index in [1.165, 1.54) is 0 Å². The molecule has 0 heterocycles. The molecule has 0 aromatic heterocycles. The van der Waals surface area contributed by atoms with E-state index < -0.39 is 17.6 Å². The second kappa shape index (κ2) is 9.66. The number of alkyl carbamates (subject to hydrolysis) is 1. The highest BCUT2D eigenvalue weighted by Crippen LogP contribution is 2.12. The Morgan fingerprint density at radius 1 is 0.960 bits per heavy atom. The Morgan fingerprint density at radius 3 is 2.12 bits per heavy atom. The largest absolute Gasteiger partial charge is 0.444 e. The van der Waals surface area contributed by atoms with E-state index in [0.29, 0.717) is 6.54 Å². The molecule has 0 bridgehead atoms. The number of hydrogen-bond acceptors (Lipinski definition) is 4. The van der Waals surface area contributed by atoms with E-state index in [0.717, 1.165) is 5.56 Å². The van der Waals surface area contributed by atoms with Crippen LogP contribution in [0.3, 0.4) is 0 Å². The second-order valence-corrected chi connectivity index (χ2v) is 6.75. The van der Waals surface area contributed by atoms with Gasteiger partial charge in [-0.2, -0.15) is 0 Å². The number of rotatable bonds is 7. The Bertz CT molecular complexity index is 582. The summed E-state index contributed by atoms with van der Waals surface area (Å²) < 4.78 is 5.01. The third-order valence-corrected chi connectivity index (χ3v) is 3.21. The Kier molecular flexibility index (Phi) is 7.91. The summed E-state index contributed by atoms with van der Waals surface area (Å²) in [7, 11) is 0. The maximum absolute atomic E-state index is 11.8. The van der Waals surface area contributed by atoms with Crippen LogP contribution in [-0.2, 0) is 14.3 Å². The Hall–Kier alpha value is -2.57. The SMILES string of the molecule is CC(CNC(=O)CNC(=O)CNC(=O)OC(C)(C)C)c1ccccc1. The number of amides is 3. The van der Waals surface area contributed by atoms with E-state index in [1.807, 2.05) is 37.3 Å². The highest BCUT2D eigenvalue weighted by atomic mass is 16.6. The van der Waals surface area contributed by atoms with Crippen molar-refractivity contribution in [1.82, 2.24) is 16.0 Å². The molecule has 0 aliphatic rings. The summed E-state index contributed by atoms with van der Waals surface area (Å²) in [5.74, 6) is -0.569. The third kappa shape index (κ3) is 9.34. The van der Waals surface area contributed by atoms with Crippen LogP contribution in [0.15, 0.2) is 30.3 Å². The summed E-state index contributed by atoms with van der Waals surface area (Å²) in [6.07, 6.45) is -0.677. The molecule has 1 aromatic rings. The molecule has 1 atom stereocenters. The Labute approximate surface area is 148 Å². The van der Waals surface area contributed by atoms with Crippen LogP contribution in [0.5, 0.6) is 0 Å². The lowest BCUT2D eigenvalue weighted by atomic mass is 10.0. The van der Waals surface area contributed by atoms with Gasteiger partial charge in [0.05, 0.1) is 6.54 Å². The number of benzene rings is 1. The molecule has 0 saturated carbocycles. The number of carbonyl (C=O) groups excluding carboxylic acids is 3. The topological polar surface area (TPSA) is 96.5 Å². The van der Waals surface area contributed by atoms with Gasteiger partial charge in [-0.05, 0) is 32.3 Å². The average molecular weight is 349 g/mol. The van der Waals surface area contributed by atoms with Crippen LogP contribution in [-0.4, -0.2) is 43.1 Å². The lowest BCUT2D eigenvalue weighted by Gasteiger charge is -2.19. The van der Waals surface area contributed by atoms with E-state index >= 15 is 0 Å². The molecule has 0 aliphatic heterocycles. The van der Waals surface area contributed by atoms with Crippen molar-refractivity contribution in [2.75, 3.05) is 19.6 Å². The summed E-state index contributed by atoms with van der Waals surface area (Å²) in [6.45, 7) is 7.29. The molecule has 1 rings (SSSR count). The van der Waals surface area contributed by atoms with Gasteiger partial charge in [0.15, 0.2) is 0 Å². The summed E-state index contributed by atoms with van der Waals surface area (Å²) in [6, 6.07) is 9.84. The van der Waals surface area contributed by atoms with Crippen molar-refractivity contribution in [2.24, 2.45) is 0 Å². The fourth-order valence-electron chi connectivity index (χ4n) is 1.94. The molecule has 3 N–H and O–H groups in total. The van der Waals surface area contributed by atoms with Crippen molar-refractivity contribution in [2.45, 2.75) is 39.2 Å². The summed E-state index contributed by atoms with van der Waals surface area (Å²) in [4.78, 5) is 34.8. The molecule has 138 valence electrons. The lowest BCUT2D eigenvalue weighted by molar-refractivity contribution is -0.125. The van der Waals surface area contributed by atoms with E-state index in [9.17, 15) is 14.4 Å². The molecule has 7 nitrogen and oxygen atoms in total. The smallest absolute Gasteiger partial charge is 0.408 e. The van der Waals surface area contributed by atoms with Crippen LogP contribution in [0.4, 0.5) is 4.79 Å². The molecule has 3 amide bonds. The van der Waals surface area contributed by atoms with Crippen LogP contribution >= 0.6 is 0 Å². The number of ether oxygens (including phenoxy) is 1. The van der Waals surface area contributed by atoms with Crippen LogP contribution < -0.4 is 16.0 Å². The molecule has 7 heteroatoms. The first-order valence-corrected chi connectivity index (χ1v) is 8.22. The van der Waals surface area contributed by atoms with Gasteiger partial charge < -0.3 is 20.7 Å². The fraction of sp³-hybridized carbons (Fsp3) is 0.500. The Morgan fingerprint density at radius 2 is 1.52 bits per heavy atom.